The van der Waals surface area contributed by atoms with Gasteiger partial charge in [0, 0.05) is 19.3 Å². The quantitative estimate of drug-likeness (QED) is 0.635. The van der Waals surface area contributed by atoms with E-state index in [9.17, 15) is 0 Å². The monoisotopic (exact) mass is 142 g/mol. The zero-order valence-electron chi connectivity index (χ0n) is 7.22. The molecule has 10 heavy (non-hydrogen) atoms. The van der Waals surface area contributed by atoms with E-state index in [-0.39, 0.29) is 0 Å². The van der Waals surface area contributed by atoms with Gasteiger partial charge in [-0.1, -0.05) is 13.5 Å². The molecule has 1 atom stereocenters. The minimum Gasteiger partial charge on any atom is -0.378 e. The van der Waals surface area contributed by atoms with Crippen LogP contribution in [-0.4, -0.2) is 25.0 Å². The summed E-state index contributed by atoms with van der Waals surface area (Å²) >= 11 is 0. The summed E-state index contributed by atoms with van der Waals surface area (Å²) in [5.74, 6) is 0.557. The molecule has 0 rings (SSSR count). The van der Waals surface area contributed by atoms with Gasteiger partial charge in [-0.05, 0) is 19.4 Å². The molecule has 0 unspecified atom stereocenters. The molecule has 2 heteroatoms. The Bertz CT molecular complexity index is 110. The van der Waals surface area contributed by atoms with Crippen molar-refractivity contribution in [2.45, 2.75) is 13.8 Å². The molecule has 0 spiro atoms. The van der Waals surface area contributed by atoms with Crippen LogP contribution in [0.4, 0.5) is 0 Å². The maximum absolute atomic E-state index is 5.46. The van der Waals surface area contributed by atoms with Gasteiger partial charge in [-0.15, -0.1) is 0 Å². The Morgan fingerprint density at radius 1 is 1.70 bits per heavy atom. The average Bonchev–Trinajstić information content (AvgIpc) is 1.87. The summed E-state index contributed by atoms with van der Waals surface area (Å²) in [6.45, 7) is 9.72. The van der Waals surface area contributed by atoms with Gasteiger partial charge in [0.15, 0.2) is 0 Å². The van der Waals surface area contributed by atoms with E-state index in [1.807, 2.05) is 14.0 Å². The van der Waals surface area contributed by atoms with Crippen molar-refractivity contribution in [3.05, 3.63) is 12.3 Å². The van der Waals surface area contributed by atoms with E-state index in [4.69, 9.17) is 5.73 Å². The summed E-state index contributed by atoms with van der Waals surface area (Å²) < 4.78 is 0. The molecule has 60 valence electrons. The molecular weight excluding hydrogens is 124 g/mol. The van der Waals surface area contributed by atoms with E-state index >= 15 is 0 Å². The lowest BCUT2D eigenvalue weighted by molar-refractivity contribution is 0.353. The molecule has 0 saturated carbocycles. The van der Waals surface area contributed by atoms with Crippen LogP contribution in [0.15, 0.2) is 12.3 Å². The summed E-state index contributed by atoms with van der Waals surface area (Å²) in [6.07, 6.45) is 0. The molecule has 0 saturated heterocycles. The number of allylic oxidation sites excluding steroid dienone is 1. The SMILES string of the molecule is C=C(C)N(C)C[C@@H](C)CN. The summed E-state index contributed by atoms with van der Waals surface area (Å²) in [7, 11) is 2.04. The van der Waals surface area contributed by atoms with Gasteiger partial charge in [-0.2, -0.15) is 0 Å². The molecule has 0 aromatic carbocycles. The second-order valence-corrected chi connectivity index (χ2v) is 2.96. The first-order valence-electron chi connectivity index (χ1n) is 3.64. The summed E-state index contributed by atoms with van der Waals surface area (Å²) in [5.41, 5.74) is 6.56. The van der Waals surface area contributed by atoms with E-state index in [1.165, 1.54) is 0 Å². The Balaban J connectivity index is 3.56. The fourth-order valence-corrected chi connectivity index (χ4v) is 0.698. The topological polar surface area (TPSA) is 29.3 Å². The van der Waals surface area contributed by atoms with E-state index in [0.717, 1.165) is 18.8 Å². The minimum atomic E-state index is 0.557. The highest BCUT2D eigenvalue weighted by molar-refractivity contribution is 4.86. The number of nitrogens with two attached hydrogens (primary N) is 1. The van der Waals surface area contributed by atoms with E-state index in [2.05, 4.69) is 18.4 Å². The van der Waals surface area contributed by atoms with Crippen LogP contribution in [0.3, 0.4) is 0 Å². The van der Waals surface area contributed by atoms with Crippen LogP contribution in [0.25, 0.3) is 0 Å². The van der Waals surface area contributed by atoms with Crippen molar-refractivity contribution in [2.75, 3.05) is 20.1 Å². The molecule has 2 nitrogen and oxygen atoms in total. The van der Waals surface area contributed by atoms with Gasteiger partial charge < -0.3 is 10.6 Å². The summed E-state index contributed by atoms with van der Waals surface area (Å²) in [5, 5.41) is 0. The third-order valence-electron chi connectivity index (χ3n) is 1.64. The van der Waals surface area contributed by atoms with E-state index < -0.39 is 0 Å². The molecule has 0 radical (unpaired) electrons. The minimum absolute atomic E-state index is 0.557. The van der Waals surface area contributed by atoms with Crippen molar-refractivity contribution >= 4 is 0 Å². The summed E-state index contributed by atoms with van der Waals surface area (Å²) in [4.78, 5) is 2.12. The zero-order chi connectivity index (χ0) is 8.15. The first kappa shape index (κ1) is 9.50. The molecular formula is C8H18N2. The maximum atomic E-state index is 5.46. The van der Waals surface area contributed by atoms with Crippen molar-refractivity contribution in [1.29, 1.82) is 0 Å². The number of hydrogen-bond acceptors (Lipinski definition) is 2. The molecule has 0 heterocycles. The van der Waals surface area contributed by atoms with Gasteiger partial charge in [0.05, 0.1) is 0 Å². The molecule has 0 bridgehead atoms. The van der Waals surface area contributed by atoms with Gasteiger partial charge in [0.1, 0.15) is 0 Å². The Morgan fingerprint density at radius 2 is 2.20 bits per heavy atom. The van der Waals surface area contributed by atoms with Gasteiger partial charge in [0.2, 0.25) is 0 Å². The molecule has 0 amide bonds. The first-order valence-corrected chi connectivity index (χ1v) is 3.64. The van der Waals surface area contributed by atoms with Crippen molar-refractivity contribution < 1.29 is 0 Å². The second kappa shape index (κ2) is 4.34. The normalized spacial score (nSPS) is 12.8. The standard InChI is InChI=1S/C8H18N2/c1-7(2)10(4)6-8(3)5-9/h8H,1,5-6,9H2,2-4H3/t8-/m0/s1. The molecule has 0 aromatic rings. The Hall–Kier alpha value is -0.500. The van der Waals surface area contributed by atoms with Gasteiger partial charge >= 0.3 is 0 Å². The molecule has 2 N–H and O–H groups in total. The lowest BCUT2D eigenvalue weighted by Gasteiger charge is -2.22. The van der Waals surface area contributed by atoms with Crippen molar-refractivity contribution in [2.24, 2.45) is 11.7 Å². The predicted molar refractivity (Wildman–Crippen MR) is 45.7 cm³/mol. The van der Waals surface area contributed by atoms with Gasteiger partial charge in [-0.3, -0.25) is 0 Å². The highest BCUT2D eigenvalue weighted by Crippen LogP contribution is 2.00. The first-order chi connectivity index (χ1) is 4.57. The van der Waals surface area contributed by atoms with Crippen LogP contribution < -0.4 is 5.73 Å². The third-order valence-corrected chi connectivity index (χ3v) is 1.64. The fraction of sp³-hybridized carbons (Fsp3) is 0.750. The number of rotatable bonds is 4. The predicted octanol–water partition coefficient (Wildman–Crippen LogP) is 1.05. The van der Waals surface area contributed by atoms with Crippen LogP contribution in [0.2, 0.25) is 0 Å². The van der Waals surface area contributed by atoms with Crippen molar-refractivity contribution in [3.8, 4) is 0 Å². The third kappa shape index (κ3) is 3.51. The molecule has 0 aliphatic heterocycles. The highest BCUT2D eigenvalue weighted by atomic mass is 15.1. The molecule has 0 aliphatic carbocycles. The number of hydrogen-bond donors (Lipinski definition) is 1. The van der Waals surface area contributed by atoms with Crippen molar-refractivity contribution in [3.63, 3.8) is 0 Å². The van der Waals surface area contributed by atoms with Crippen LogP contribution >= 0.6 is 0 Å². The summed E-state index contributed by atoms with van der Waals surface area (Å²) in [6, 6.07) is 0. The van der Waals surface area contributed by atoms with Gasteiger partial charge in [0.25, 0.3) is 0 Å². The van der Waals surface area contributed by atoms with Crippen LogP contribution in [0, 0.1) is 5.92 Å². The van der Waals surface area contributed by atoms with Gasteiger partial charge in [-0.25, -0.2) is 0 Å². The Labute approximate surface area is 63.7 Å². The Morgan fingerprint density at radius 3 is 2.50 bits per heavy atom. The highest BCUT2D eigenvalue weighted by Gasteiger charge is 2.02. The van der Waals surface area contributed by atoms with Crippen LogP contribution in [-0.2, 0) is 0 Å². The maximum Gasteiger partial charge on any atom is 0.0209 e. The van der Waals surface area contributed by atoms with Crippen molar-refractivity contribution in [1.82, 2.24) is 4.90 Å². The largest absolute Gasteiger partial charge is 0.378 e. The van der Waals surface area contributed by atoms with Crippen LogP contribution in [0.5, 0.6) is 0 Å². The van der Waals surface area contributed by atoms with E-state index in [1.54, 1.807) is 0 Å². The molecule has 0 aliphatic rings. The van der Waals surface area contributed by atoms with Crippen LogP contribution in [0.1, 0.15) is 13.8 Å². The lowest BCUT2D eigenvalue weighted by Crippen LogP contribution is -2.26. The second-order valence-electron chi connectivity index (χ2n) is 2.96. The number of nitrogens with zero attached hydrogens (tertiary/aromatic N) is 1. The van der Waals surface area contributed by atoms with E-state index in [0.29, 0.717) is 5.92 Å². The lowest BCUT2D eigenvalue weighted by atomic mass is 10.2. The zero-order valence-corrected chi connectivity index (χ0v) is 7.22. The molecule has 0 aromatic heterocycles. The Kier molecular flexibility index (Phi) is 4.12. The molecule has 0 fully saturated rings. The average molecular weight is 142 g/mol. The smallest absolute Gasteiger partial charge is 0.0209 e. The fourth-order valence-electron chi connectivity index (χ4n) is 0.698.